The normalized spacial score (nSPS) is 38.6. The molecular weight excluding hydrogens is 128 g/mol. The first-order valence-corrected chi connectivity index (χ1v) is 3.67. The van der Waals surface area contributed by atoms with Gasteiger partial charge < -0.3 is 5.11 Å². The van der Waals surface area contributed by atoms with Crippen LogP contribution in [-0.4, -0.2) is 17.0 Å². The smallest absolute Gasteiger partial charge is 0.162 e. The maximum atomic E-state index is 11.0. The van der Waals surface area contributed by atoms with Crippen LogP contribution in [0.1, 0.15) is 27.2 Å². The second kappa shape index (κ2) is 2.06. The summed E-state index contributed by atoms with van der Waals surface area (Å²) in [5, 5.41) is 9.35. The Balaban J connectivity index is 2.85. The summed E-state index contributed by atoms with van der Waals surface area (Å²) >= 11 is 0. The third-order valence-corrected chi connectivity index (χ3v) is 2.79. The minimum atomic E-state index is -0.734. The first-order chi connectivity index (χ1) is 4.46. The van der Waals surface area contributed by atoms with Gasteiger partial charge in [-0.3, -0.25) is 4.79 Å². The van der Waals surface area contributed by atoms with Gasteiger partial charge in [-0.15, -0.1) is 0 Å². The van der Waals surface area contributed by atoms with Crippen molar-refractivity contribution < 1.29 is 9.90 Å². The highest BCUT2D eigenvalue weighted by atomic mass is 16.3. The first kappa shape index (κ1) is 7.73. The molecule has 1 aliphatic carbocycles. The van der Waals surface area contributed by atoms with E-state index in [1.165, 1.54) is 0 Å². The summed E-state index contributed by atoms with van der Waals surface area (Å²) in [5.41, 5.74) is -0.211. The molecule has 0 aromatic carbocycles. The Morgan fingerprint density at radius 3 is 2.20 bits per heavy atom. The quantitative estimate of drug-likeness (QED) is 0.547. The Kier molecular flexibility index (Phi) is 1.59. The highest BCUT2D eigenvalue weighted by Gasteiger charge is 2.45. The van der Waals surface area contributed by atoms with E-state index in [9.17, 15) is 9.90 Å². The molecule has 1 fully saturated rings. The lowest BCUT2D eigenvalue weighted by atomic mass is 9.82. The van der Waals surface area contributed by atoms with E-state index in [1.807, 2.05) is 20.8 Å². The third-order valence-electron chi connectivity index (χ3n) is 2.79. The maximum absolute atomic E-state index is 11.0. The molecule has 0 amide bonds. The molecule has 2 heteroatoms. The zero-order valence-corrected chi connectivity index (χ0v) is 6.72. The standard InChI is InChI=1S/C8H14O2/c1-5-4-6(9)7(10)8(5,2)3/h5,7,10H,4H2,1-3H3. The lowest BCUT2D eigenvalue weighted by molar-refractivity contribution is -0.126. The van der Waals surface area contributed by atoms with Gasteiger partial charge in [-0.25, -0.2) is 0 Å². The maximum Gasteiger partial charge on any atom is 0.162 e. The Hall–Kier alpha value is -0.370. The topological polar surface area (TPSA) is 37.3 Å². The summed E-state index contributed by atoms with van der Waals surface area (Å²) in [6.07, 6.45) is -0.198. The molecule has 10 heavy (non-hydrogen) atoms. The largest absolute Gasteiger partial charge is 0.385 e. The number of carbonyl (C=O) groups is 1. The number of aliphatic hydroxyl groups excluding tert-OH is 1. The summed E-state index contributed by atoms with van der Waals surface area (Å²) in [5.74, 6) is 0.313. The molecule has 0 aromatic rings. The molecule has 1 rings (SSSR count). The number of ketones is 1. The van der Waals surface area contributed by atoms with E-state index in [4.69, 9.17) is 0 Å². The van der Waals surface area contributed by atoms with Crippen molar-refractivity contribution in [2.45, 2.75) is 33.3 Å². The lowest BCUT2D eigenvalue weighted by Crippen LogP contribution is -2.30. The van der Waals surface area contributed by atoms with Crippen molar-refractivity contribution in [3.63, 3.8) is 0 Å². The number of hydrogen-bond donors (Lipinski definition) is 1. The number of aliphatic hydroxyl groups is 1. The van der Waals surface area contributed by atoms with Crippen LogP contribution in [0.4, 0.5) is 0 Å². The Labute approximate surface area is 61.2 Å². The van der Waals surface area contributed by atoms with Crippen LogP contribution in [0.5, 0.6) is 0 Å². The van der Waals surface area contributed by atoms with Crippen LogP contribution in [0.15, 0.2) is 0 Å². The van der Waals surface area contributed by atoms with Gasteiger partial charge in [-0.1, -0.05) is 20.8 Å². The summed E-state index contributed by atoms with van der Waals surface area (Å²) in [6, 6.07) is 0. The second-order valence-electron chi connectivity index (χ2n) is 3.80. The summed E-state index contributed by atoms with van der Waals surface area (Å²) in [4.78, 5) is 11.0. The van der Waals surface area contributed by atoms with Crippen LogP contribution < -0.4 is 0 Å². The number of rotatable bonds is 0. The predicted molar refractivity (Wildman–Crippen MR) is 38.6 cm³/mol. The molecule has 2 unspecified atom stereocenters. The zero-order chi connectivity index (χ0) is 7.94. The van der Waals surface area contributed by atoms with Gasteiger partial charge >= 0.3 is 0 Å². The molecule has 0 heterocycles. The highest BCUT2D eigenvalue weighted by Crippen LogP contribution is 2.40. The van der Waals surface area contributed by atoms with E-state index in [1.54, 1.807) is 0 Å². The van der Waals surface area contributed by atoms with Crippen molar-refractivity contribution in [3.8, 4) is 0 Å². The van der Waals surface area contributed by atoms with E-state index in [-0.39, 0.29) is 11.2 Å². The van der Waals surface area contributed by atoms with Gasteiger partial charge in [0.25, 0.3) is 0 Å². The molecule has 1 saturated carbocycles. The monoisotopic (exact) mass is 142 g/mol. The molecule has 0 bridgehead atoms. The Morgan fingerprint density at radius 2 is 2.10 bits per heavy atom. The van der Waals surface area contributed by atoms with Gasteiger partial charge in [0.05, 0.1) is 0 Å². The number of hydrogen-bond acceptors (Lipinski definition) is 2. The van der Waals surface area contributed by atoms with Gasteiger partial charge in [0.15, 0.2) is 5.78 Å². The van der Waals surface area contributed by atoms with E-state index >= 15 is 0 Å². The minimum absolute atomic E-state index is 0.00231. The fourth-order valence-electron chi connectivity index (χ4n) is 1.36. The van der Waals surface area contributed by atoms with Crippen molar-refractivity contribution in [2.24, 2.45) is 11.3 Å². The molecule has 2 nitrogen and oxygen atoms in total. The van der Waals surface area contributed by atoms with Crippen molar-refractivity contribution in [3.05, 3.63) is 0 Å². The summed E-state index contributed by atoms with van der Waals surface area (Å²) < 4.78 is 0. The average molecular weight is 142 g/mol. The Morgan fingerprint density at radius 1 is 1.60 bits per heavy atom. The van der Waals surface area contributed by atoms with E-state index < -0.39 is 6.10 Å². The molecule has 0 aliphatic heterocycles. The molecule has 0 aromatic heterocycles. The molecule has 0 spiro atoms. The van der Waals surface area contributed by atoms with E-state index in [0.717, 1.165) is 0 Å². The van der Waals surface area contributed by atoms with Gasteiger partial charge in [0.1, 0.15) is 6.10 Å². The lowest BCUT2D eigenvalue weighted by Gasteiger charge is -2.25. The van der Waals surface area contributed by atoms with Crippen LogP contribution in [-0.2, 0) is 4.79 Å². The zero-order valence-electron chi connectivity index (χ0n) is 6.72. The van der Waals surface area contributed by atoms with Crippen molar-refractivity contribution in [2.75, 3.05) is 0 Å². The minimum Gasteiger partial charge on any atom is -0.385 e. The second-order valence-corrected chi connectivity index (χ2v) is 3.80. The number of carbonyl (C=O) groups excluding carboxylic acids is 1. The Bertz CT molecular complexity index is 161. The molecule has 1 N–H and O–H groups in total. The van der Waals surface area contributed by atoms with Crippen LogP contribution >= 0.6 is 0 Å². The van der Waals surface area contributed by atoms with Crippen LogP contribution in [0.3, 0.4) is 0 Å². The van der Waals surface area contributed by atoms with E-state index in [0.29, 0.717) is 12.3 Å². The fourth-order valence-corrected chi connectivity index (χ4v) is 1.36. The third kappa shape index (κ3) is 0.870. The molecule has 0 saturated heterocycles. The number of Topliss-reactive ketones (excluding diaryl/α,β-unsaturated/α-hetero) is 1. The van der Waals surface area contributed by atoms with Gasteiger partial charge in [0, 0.05) is 11.8 Å². The van der Waals surface area contributed by atoms with Crippen molar-refractivity contribution >= 4 is 5.78 Å². The van der Waals surface area contributed by atoms with Gasteiger partial charge in [-0.2, -0.15) is 0 Å². The van der Waals surface area contributed by atoms with Crippen molar-refractivity contribution in [1.29, 1.82) is 0 Å². The van der Waals surface area contributed by atoms with Gasteiger partial charge in [-0.05, 0) is 5.92 Å². The molecule has 58 valence electrons. The first-order valence-electron chi connectivity index (χ1n) is 3.67. The average Bonchev–Trinajstić information content (AvgIpc) is 1.97. The summed E-state index contributed by atoms with van der Waals surface area (Å²) in [7, 11) is 0. The molecule has 0 radical (unpaired) electrons. The SMILES string of the molecule is CC1CC(=O)C(O)C1(C)C. The fraction of sp³-hybridized carbons (Fsp3) is 0.875. The summed E-state index contributed by atoms with van der Waals surface area (Å²) in [6.45, 7) is 5.88. The molecule has 2 atom stereocenters. The predicted octanol–water partition coefficient (Wildman–Crippen LogP) is 0.982. The van der Waals surface area contributed by atoms with E-state index in [2.05, 4.69) is 0 Å². The highest BCUT2D eigenvalue weighted by molar-refractivity contribution is 5.86. The van der Waals surface area contributed by atoms with Crippen LogP contribution in [0.2, 0.25) is 0 Å². The van der Waals surface area contributed by atoms with Crippen LogP contribution in [0, 0.1) is 11.3 Å². The molecular formula is C8H14O2. The van der Waals surface area contributed by atoms with Crippen molar-refractivity contribution in [1.82, 2.24) is 0 Å². The molecule has 1 aliphatic rings. The van der Waals surface area contributed by atoms with Crippen LogP contribution in [0.25, 0.3) is 0 Å². The van der Waals surface area contributed by atoms with Gasteiger partial charge in [0.2, 0.25) is 0 Å².